The summed E-state index contributed by atoms with van der Waals surface area (Å²) in [5.74, 6) is -1.27. The maximum absolute atomic E-state index is 12.5. The Morgan fingerprint density at radius 1 is 0.969 bits per heavy atom. The molecule has 1 aliphatic heterocycles. The van der Waals surface area contributed by atoms with Crippen LogP contribution in [0.1, 0.15) is 10.4 Å². The number of aromatic hydroxyl groups is 1. The minimum Gasteiger partial charge on any atom is -0.507 e. The third-order valence-electron chi connectivity index (χ3n) is 5.47. The summed E-state index contributed by atoms with van der Waals surface area (Å²) in [7, 11) is 0. The first-order valence-electron chi connectivity index (χ1n) is 10.1. The van der Waals surface area contributed by atoms with E-state index in [1.54, 1.807) is 23.1 Å². The topological polar surface area (TPSA) is 113 Å². The van der Waals surface area contributed by atoms with Gasteiger partial charge in [0.1, 0.15) is 11.3 Å². The monoisotopic (exact) mass is 435 g/mol. The summed E-state index contributed by atoms with van der Waals surface area (Å²) in [5, 5.41) is 22.5. The minimum atomic E-state index is -0.758. The largest absolute Gasteiger partial charge is 0.507 e. The number of nitro benzene ring substituents is 1. The number of amides is 1. The van der Waals surface area contributed by atoms with Crippen LogP contribution in [-0.4, -0.2) is 59.6 Å². The Balaban J connectivity index is 1.31. The summed E-state index contributed by atoms with van der Waals surface area (Å²) >= 11 is 0. The standard InChI is InChI=1S/C23H21N3O6/c27-21-14-17-4-2-1-3-16(17)13-20(21)23(29)32-15-22(28)25-11-9-24(10-12-25)18-5-7-19(8-6-18)26(30)31/h1-8,13-14,27H,9-12,15H2. The number of carbonyl (C=O) groups excluding carboxylic acids is 2. The molecule has 4 rings (SSSR count). The van der Waals surface area contributed by atoms with Crippen LogP contribution in [0, 0.1) is 10.1 Å². The Morgan fingerprint density at radius 3 is 2.22 bits per heavy atom. The van der Waals surface area contributed by atoms with Gasteiger partial charge in [0.25, 0.3) is 11.6 Å². The van der Waals surface area contributed by atoms with E-state index in [4.69, 9.17) is 4.74 Å². The fourth-order valence-corrected chi connectivity index (χ4v) is 3.69. The molecule has 1 amide bonds. The number of non-ortho nitro benzene ring substituents is 1. The van der Waals surface area contributed by atoms with Gasteiger partial charge >= 0.3 is 5.97 Å². The first-order chi connectivity index (χ1) is 15.4. The van der Waals surface area contributed by atoms with Crippen LogP contribution in [0.3, 0.4) is 0 Å². The second-order valence-electron chi connectivity index (χ2n) is 7.43. The number of nitro groups is 1. The van der Waals surface area contributed by atoms with Gasteiger partial charge in [-0.2, -0.15) is 0 Å². The maximum atomic E-state index is 12.5. The van der Waals surface area contributed by atoms with Crippen LogP contribution in [0.25, 0.3) is 10.8 Å². The number of anilines is 1. The molecule has 0 bridgehead atoms. The van der Waals surface area contributed by atoms with Crippen molar-refractivity contribution in [2.75, 3.05) is 37.7 Å². The Hall–Kier alpha value is -4.14. The Kier molecular flexibility index (Phi) is 5.89. The summed E-state index contributed by atoms with van der Waals surface area (Å²) < 4.78 is 5.15. The summed E-state index contributed by atoms with van der Waals surface area (Å²) in [6.45, 7) is 1.58. The number of hydrogen-bond donors (Lipinski definition) is 1. The molecule has 1 heterocycles. The van der Waals surface area contributed by atoms with Crippen molar-refractivity contribution in [2.45, 2.75) is 0 Å². The molecular formula is C23H21N3O6. The van der Waals surface area contributed by atoms with E-state index in [0.29, 0.717) is 26.2 Å². The zero-order chi connectivity index (χ0) is 22.7. The van der Waals surface area contributed by atoms with Gasteiger partial charge in [-0.3, -0.25) is 14.9 Å². The number of carbonyl (C=O) groups is 2. The molecule has 32 heavy (non-hydrogen) atoms. The Labute approximate surface area is 183 Å². The van der Waals surface area contributed by atoms with Gasteiger partial charge in [0, 0.05) is 44.0 Å². The molecule has 0 aliphatic carbocycles. The van der Waals surface area contributed by atoms with Crippen LogP contribution in [0.5, 0.6) is 5.75 Å². The smallest absolute Gasteiger partial charge is 0.342 e. The van der Waals surface area contributed by atoms with Gasteiger partial charge in [-0.1, -0.05) is 24.3 Å². The van der Waals surface area contributed by atoms with E-state index >= 15 is 0 Å². The van der Waals surface area contributed by atoms with Crippen molar-refractivity contribution < 1.29 is 24.4 Å². The van der Waals surface area contributed by atoms with E-state index in [-0.39, 0.29) is 22.9 Å². The highest BCUT2D eigenvalue weighted by atomic mass is 16.6. The zero-order valence-corrected chi connectivity index (χ0v) is 17.1. The SMILES string of the molecule is O=C(OCC(=O)N1CCN(c2ccc([N+](=O)[O-])cc2)CC1)c1cc2ccccc2cc1O. The van der Waals surface area contributed by atoms with E-state index in [1.165, 1.54) is 18.2 Å². The second-order valence-corrected chi connectivity index (χ2v) is 7.43. The third kappa shape index (κ3) is 4.46. The highest BCUT2D eigenvalue weighted by molar-refractivity contribution is 5.99. The van der Waals surface area contributed by atoms with Crippen LogP contribution < -0.4 is 4.90 Å². The molecule has 1 aliphatic rings. The van der Waals surface area contributed by atoms with Crippen molar-refractivity contribution in [1.29, 1.82) is 0 Å². The lowest BCUT2D eigenvalue weighted by molar-refractivity contribution is -0.384. The zero-order valence-electron chi connectivity index (χ0n) is 17.1. The molecule has 9 nitrogen and oxygen atoms in total. The lowest BCUT2D eigenvalue weighted by Crippen LogP contribution is -2.49. The molecule has 1 saturated heterocycles. The molecular weight excluding hydrogens is 414 g/mol. The molecule has 0 saturated carbocycles. The van der Waals surface area contributed by atoms with Gasteiger partial charge < -0.3 is 19.6 Å². The lowest BCUT2D eigenvalue weighted by Gasteiger charge is -2.36. The number of benzene rings is 3. The first kappa shape index (κ1) is 21.1. The van der Waals surface area contributed by atoms with Crippen LogP contribution in [0.15, 0.2) is 60.7 Å². The van der Waals surface area contributed by atoms with Gasteiger partial charge in [0.2, 0.25) is 0 Å². The summed E-state index contributed by atoms with van der Waals surface area (Å²) in [5.41, 5.74) is 0.891. The molecule has 3 aromatic rings. The molecule has 0 unspecified atom stereocenters. The molecule has 164 valence electrons. The number of phenolic OH excluding ortho intramolecular Hbond substituents is 1. The summed E-state index contributed by atoms with van der Waals surface area (Å²) in [6.07, 6.45) is 0. The normalized spacial score (nSPS) is 13.8. The molecule has 1 fully saturated rings. The van der Waals surface area contributed by atoms with E-state index in [2.05, 4.69) is 0 Å². The highest BCUT2D eigenvalue weighted by Gasteiger charge is 2.23. The fraction of sp³-hybridized carbons (Fsp3) is 0.217. The summed E-state index contributed by atoms with van der Waals surface area (Å²) in [6, 6.07) is 16.6. The van der Waals surface area contributed by atoms with Crippen molar-refractivity contribution in [1.82, 2.24) is 4.90 Å². The van der Waals surface area contributed by atoms with Crippen LogP contribution >= 0.6 is 0 Å². The van der Waals surface area contributed by atoms with Crippen molar-refractivity contribution >= 4 is 34.0 Å². The number of rotatable bonds is 5. The van der Waals surface area contributed by atoms with Crippen LogP contribution in [0.4, 0.5) is 11.4 Å². The fourth-order valence-electron chi connectivity index (χ4n) is 3.69. The number of phenols is 1. The van der Waals surface area contributed by atoms with Crippen molar-refractivity contribution in [3.63, 3.8) is 0 Å². The molecule has 0 aromatic heterocycles. The second kappa shape index (κ2) is 8.93. The molecule has 0 radical (unpaired) electrons. The van der Waals surface area contributed by atoms with Gasteiger partial charge in [-0.15, -0.1) is 0 Å². The summed E-state index contributed by atoms with van der Waals surface area (Å²) in [4.78, 5) is 38.9. The van der Waals surface area contributed by atoms with Crippen LogP contribution in [0.2, 0.25) is 0 Å². The average molecular weight is 435 g/mol. The van der Waals surface area contributed by atoms with E-state index < -0.39 is 17.5 Å². The van der Waals surface area contributed by atoms with Crippen molar-refractivity contribution in [3.8, 4) is 5.75 Å². The quantitative estimate of drug-likeness (QED) is 0.372. The maximum Gasteiger partial charge on any atom is 0.342 e. The molecule has 9 heteroatoms. The number of ether oxygens (including phenoxy) is 1. The minimum absolute atomic E-state index is 0.0134. The van der Waals surface area contributed by atoms with Gasteiger partial charge in [0.05, 0.1) is 4.92 Å². The highest BCUT2D eigenvalue weighted by Crippen LogP contribution is 2.26. The third-order valence-corrected chi connectivity index (χ3v) is 5.47. The van der Waals surface area contributed by atoms with Gasteiger partial charge in [0.15, 0.2) is 6.61 Å². The predicted molar refractivity (Wildman–Crippen MR) is 118 cm³/mol. The first-order valence-corrected chi connectivity index (χ1v) is 10.1. The lowest BCUT2D eigenvalue weighted by atomic mass is 10.1. The van der Waals surface area contributed by atoms with Crippen molar-refractivity contribution in [2.24, 2.45) is 0 Å². The van der Waals surface area contributed by atoms with E-state index in [1.807, 2.05) is 29.2 Å². The molecule has 0 atom stereocenters. The Bertz CT molecular complexity index is 1170. The van der Waals surface area contributed by atoms with E-state index in [9.17, 15) is 24.8 Å². The van der Waals surface area contributed by atoms with Crippen LogP contribution in [-0.2, 0) is 9.53 Å². The average Bonchev–Trinajstić information content (AvgIpc) is 2.82. The number of piperazine rings is 1. The Morgan fingerprint density at radius 2 is 1.59 bits per heavy atom. The number of esters is 1. The van der Waals surface area contributed by atoms with Crippen molar-refractivity contribution in [3.05, 3.63) is 76.3 Å². The van der Waals surface area contributed by atoms with Gasteiger partial charge in [-0.25, -0.2) is 4.79 Å². The predicted octanol–water partition coefficient (Wildman–Crippen LogP) is 2.96. The number of fused-ring (bicyclic) bond motifs is 1. The van der Waals surface area contributed by atoms with E-state index in [0.717, 1.165) is 16.5 Å². The molecule has 0 spiro atoms. The number of hydrogen-bond acceptors (Lipinski definition) is 7. The number of nitrogens with zero attached hydrogens (tertiary/aromatic N) is 3. The molecule has 1 N–H and O–H groups in total. The molecule has 3 aromatic carbocycles. The van der Waals surface area contributed by atoms with Gasteiger partial charge in [-0.05, 0) is 35.0 Å².